The third-order valence-corrected chi connectivity index (χ3v) is 2.90. The number of aromatic nitrogens is 2. The first kappa shape index (κ1) is 14.2. The quantitative estimate of drug-likeness (QED) is 0.355. The van der Waals surface area contributed by atoms with Crippen molar-refractivity contribution in [3.63, 3.8) is 0 Å². The van der Waals surface area contributed by atoms with Crippen molar-refractivity contribution >= 4 is 23.5 Å². The topological polar surface area (TPSA) is 122 Å². The van der Waals surface area contributed by atoms with Gasteiger partial charge in [-0.15, -0.1) is 0 Å². The summed E-state index contributed by atoms with van der Waals surface area (Å²) in [5, 5.41) is 2.27. The first-order valence-electron chi connectivity index (χ1n) is 5.99. The van der Waals surface area contributed by atoms with E-state index < -0.39 is 6.04 Å². The van der Waals surface area contributed by atoms with E-state index in [2.05, 4.69) is 20.7 Å². The number of nitrogen functional groups attached to an aromatic ring is 1. The molecule has 0 bridgehead atoms. The predicted octanol–water partition coefficient (Wildman–Crippen LogP) is -1.24. The fraction of sp³-hybridized carbons (Fsp3) is 0.455. The minimum Gasteiger partial charge on any atom is -0.377 e. The fourth-order valence-corrected chi connectivity index (χ4v) is 1.89. The Balaban J connectivity index is 2.36. The monoisotopic (exact) mass is 280 g/mol. The molecule has 1 aliphatic heterocycles. The van der Waals surface area contributed by atoms with Gasteiger partial charge < -0.3 is 15.1 Å². The zero-order chi connectivity index (χ0) is 14.7. The number of nitrogens with zero attached hydrogens (tertiary/aromatic N) is 3. The van der Waals surface area contributed by atoms with Gasteiger partial charge in [-0.1, -0.05) is 0 Å². The summed E-state index contributed by atoms with van der Waals surface area (Å²) in [4.78, 5) is 33.1. The number of rotatable bonds is 4. The molecular formula is C11H16N6O3. The van der Waals surface area contributed by atoms with Gasteiger partial charge in [-0.3, -0.25) is 14.9 Å². The molecule has 1 unspecified atom stereocenters. The van der Waals surface area contributed by atoms with Crippen LogP contribution in [0.15, 0.2) is 6.07 Å². The predicted molar refractivity (Wildman–Crippen MR) is 70.5 cm³/mol. The molecule has 0 aromatic carbocycles. The van der Waals surface area contributed by atoms with Crippen molar-refractivity contribution in [2.75, 3.05) is 24.0 Å². The van der Waals surface area contributed by atoms with E-state index in [1.54, 1.807) is 17.9 Å². The lowest BCUT2D eigenvalue weighted by Gasteiger charge is -2.32. The summed E-state index contributed by atoms with van der Waals surface area (Å²) >= 11 is 0. The zero-order valence-electron chi connectivity index (χ0n) is 11.2. The average Bonchev–Trinajstić information content (AvgIpc) is 2.42. The Morgan fingerprint density at radius 1 is 1.55 bits per heavy atom. The van der Waals surface area contributed by atoms with E-state index >= 15 is 0 Å². The number of carbonyl (C=O) groups excluding carboxylic acids is 2. The number of nitrogens with two attached hydrogens (primary N) is 1. The molecule has 0 aliphatic carbocycles. The Bertz CT molecular complexity index is 535. The van der Waals surface area contributed by atoms with Gasteiger partial charge in [-0.25, -0.2) is 15.8 Å². The second kappa shape index (κ2) is 5.80. The van der Waals surface area contributed by atoms with Gasteiger partial charge in [-0.05, 0) is 6.92 Å². The Morgan fingerprint density at radius 3 is 2.95 bits per heavy atom. The molecule has 0 spiro atoms. The molecule has 108 valence electrons. The number of carbonyl (C=O) groups is 2. The number of hydrazine groups is 1. The van der Waals surface area contributed by atoms with Crippen molar-refractivity contribution in [3.05, 3.63) is 11.9 Å². The second-order valence-corrected chi connectivity index (χ2v) is 4.32. The van der Waals surface area contributed by atoms with Crippen LogP contribution in [0.1, 0.15) is 12.7 Å². The molecule has 1 saturated heterocycles. The van der Waals surface area contributed by atoms with Crippen LogP contribution in [-0.2, 0) is 20.9 Å². The summed E-state index contributed by atoms with van der Waals surface area (Å²) < 4.78 is 4.98. The van der Waals surface area contributed by atoms with E-state index in [9.17, 15) is 9.59 Å². The molecule has 1 aliphatic rings. The number of piperazine rings is 1. The maximum absolute atomic E-state index is 11.7. The van der Waals surface area contributed by atoms with E-state index in [0.29, 0.717) is 17.5 Å². The highest BCUT2D eigenvalue weighted by molar-refractivity contribution is 6.04. The van der Waals surface area contributed by atoms with Crippen molar-refractivity contribution in [1.82, 2.24) is 15.3 Å². The van der Waals surface area contributed by atoms with Gasteiger partial charge in [0.15, 0.2) is 5.82 Å². The Kier molecular flexibility index (Phi) is 4.11. The van der Waals surface area contributed by atoms with E-state index in [1.807, 2.05) is 0 Å². The molecule has 2 rings (SSSR count). The molecule has 1 aromatic heterocycles. The summed E-state index contributed by atoms with van der Waals surface area (Å²) in [6.07, 6.45) is 0. The number of amides is 2. The van der Waals surface area contributed by atoms with Gasteiger partial charge in [0.05, 0.1) is 6.54 Å². The van der Waals surface area contributed by atoms with Crippen molar-refractivity contribution in [3.8, 4) is 0 Å². The number of anilines is 2. The van der Waals surface area contributed by atoms with Gasteiger partial charge >= 0.3 is 0 Å². The van der Waals surface area contributed by atoms with E-state index in [1.165, 1.54) is 7.11 Å². The van der Waals surface area contributed by atoms with Crippen LogP contribution in [0.25, 0.3) is 0 Å². The molecular weight excluding hydrogens is 264 g/mol. The highest BCUT2D eigenvalue weighted by Crippen LogP contribution is 2.19. The number of nitrogens with one attached hydrogen (secondary N) is 2. The third-order valence-electron chi connectivity index (χ3n) is 2.90. The smallest absolute Gasteiger partial charge is 0.249 e. The normalized spacial score (nSPS) is 18.9. The van der Waals surface area contributed by atoms with Crippen LogP contribution in [0.3, 0.4) is 0 Å². The third kappa shape index (κ3) is 2.83. The van der Waals surface area contributed by atoms with Gasteiger partial charge in [-0.2, -0.15) is 0 Å². The lowest BCUT2D eigenvalue weighted by molar-refractivity contribution is -0.132. The molecule has 1 aromatic rings. The summed E-state index contributed by atoms with van der Waals surface area (Å²) in [6, 6.07) is 1.06. The van der Waals surface area contributed by atoms with Gasteiger partial charge in [0.1, 0.15) is 24.3 Å². The number of hydrogen-bond acceptors (Lipinski definition) is 8. The summed E-state index contributed by atoms with van der Waals surface area (Å²) in [7, 11) is 1.52. The Morgan fingerprint density at radius 2 is 2.30 bits per heavy atom. The van der Waals surface area contributed by atoms with E-state index in [0.717, 1.165) is 0 Å². The molecule has 9 heteroatoms. The molecule has 4 N–H and O–H groups in total. The van der Waals surface area contributed by atoms with Crippen LogP contribution >= 0.6 is 0 Å². The molecule has 20 heavy (non-hydrogen) atoms. The standard InChI is InChI=1S/C11H16N6O3/c1-6-11(19)15-10(18)4-17(6)9-3-7(16-12)13-8(14-9)5-20-2/h3,6H,4-5,12H2,1-2H3,(H,13,14,16)(H,15,18,19). The number of methoxy groups -OCH3 is 1. The van der Waals surface area contributed by atoms with Crippen LogP contribution < -0.4 is 21.5 Å². The number of imide groups is 1. The SMILES string of the molecule is COCc1nc(NN)cc(N2CC(=O)NC(=O)C2C)n1. The van der Waals surface area contributed by atoms with Gasteiger partial charge in [0, 0.05) is 13.2 Å². The van der Waals surface area contributed by atoms with Crippen molar-refractivity contribution in [1.29, 1.82) is 0 Å². The molecule has 2 amide bonds. The van der Waals surface area contributed by atoms with Crippen LogP contribution in [0.2, 0.25) is 0 Å². The van der Waals surface area contributed by atoms with Crippen LogP contribution in [-0.4, -0.2) is 41.5 Å². The first-order chi connectivity index (χ1) is 9.55. The summed E-state index contributed by atoms with van der Waals surface area (Å²) in [5.74, 6) is 5.85. The number of hydrogen-bond donors (Lipinski definition) is 3. The van der Waals surface area contributed by atoms with Gasteiger partial charge in [0.25, 0.3) is 0 Å². The molecule has 9 nitrogen and oxygen atoms in total. The highest BCUT2D eigenvalue weighted by atomic mass is 16.5. The van der Waals surface area contributed by atoms with Crippen molar-refractivity contribution < 1.29 is 14.3 Å². The van der Waals surface area contributed by atoms with E-state index in [4.69, 9.17) is 10.6 Å². The van der Waals surface area contributed by atoms with E-state index in [-0.39, 0.29) is 25.0 Å². The minimum atomic E-state index is -0.511. The Hall–Kier alpha value is -2.26. The summed E-state index contributed by atoms with van der Waals surface area (Å²) in [5.41, 5.74) is 2.42. The van der Waals surface area contributed by atoms with Gasteiger partial charge in [0.2, 0.25) is 11.8 Å². The second-order valence-electron chi connectivity index (χ2n) is 4.32. The molecule has 0 radical (unpaired) electrons. The Labute approximate surface area is 115 Å². The zero-order valence-corrected chi connectivity index (χ0v) is 11.2. The highest BCUT2D eigenvalue weighted by Gasteiger charge is 2.31. The number of ether oxygens (including phenoxy) is 1. The van der Waals surface area contributed by atoms with Crippen molar-refractivity contribution in [2.45, 2.75) is 19.6 Å². The molecule has 0 saturated carbocycles. The van der Waals surface area contributed by atoms with Crippen LogP contribution in [0.4, 0.5) is 11.6 Å². The molecule has 1 atom stereocenters. The lowest BCUT2D eigenvalue weighted by atomic mass is 10.2. The molecule has 2 heterocycles. The lowest BCUT2D eigenvalue weighted by Crippen LogP contribution is -2.57. The average molecular weight is 280 g/mol. The summed E-state index contributed by atoms with van der Waals surface area (Å²) in [6.45, 7) is 1.93. The first-order valence-corrected chi connectivity index (χ1v) is 5.99. The minimum absolute atomic E-state index is 0.0420. The van der Waals surface area contributed by atoms with Crippen LogP contribution in [0, 0.1) is 0 Å². The maximum Gasteiger partial charge on any atom is 0.249 e. The maximum atomic E-state index is 11.7. The van der Waals surface area contributed by atoms with Crippen molar-refractivity contribution in [2.24, 2.45) is 5.84 Å². The fourth-order valence-electron chi connectivity index (χ4n) is 1.89. The largest absolute Gasteiger partial charge is 0.377 e. The molecule has 1 fully saturated rings. The van der Waals surface area contributed by atoms with Crippen LogP contribution in [0.5, 0.6) is 0 Å².